The van der Waals surface area contributed by atoms with Crippen LogP contribution >= 0.6 is 11.6 Å². The molecule has 2 aliphatic rings. The van der Waals surface area contributed by atoms with Crippen LogP contribution in [-0.4, -0.2) is 23.6 Å². The fourth-order valence-corrected chi connectivity index (χ4v) is 4.51. The van der Waals surface area contributed by atoms with Crippen LogP contribution in [0.15, 0.2) is 91.0 Å². The normalized spacial score (nSPS) is 14.4. The average Bonchev–Trinajstić information content (AvgIpc) is 3.29. The average molecular weight is 495 g/mol. The number of imide groups is 2. The van der Waals surface area contributed by atoms with Gasteiger partial charge in [-0.25, -0.2) is 9.80 Å². The molecule has 6 rings (SSSR count). The van der Waals surface area contributed by atoms with Crippen LogP contribution in [0.1, 0.15) is 41.4 Å². The Balaban J connectivity index is 1.18. The SMILES string of the molecule is O=C1c2ccccc2C(=O)N1c1ccc(Oc2ccc(N3C(=O)c4ccc(Cl)cc4C3=O)cc2)cc1. The van der Waals surface area contributed by atoms with E-state index in [1.165, 1.54) is 6.07 Å². The Morgan fingerprint density at radius 2 is 0.917 bits per heavy atom. The van der Waals surface area contributed by atoms with Gasteiger partial charge in [0.1, 0.15) is 11.5 Å². The molecule has 0 saturated carbocycles. The molecule has 7 nitrogen and oxygen atoms in total. The highest BCUT2D eigenvalue weighted by atomic mass is 35.5. The molecule has 4 aromatic carbocycles. The molecule has 0 fully saturated rings. The van der Waals surface area contributed by atoms with Gasteiger partial charge >= 0.3 is 0 Å². The summed E-state index contributed by atoms with van der Waals surface area (Å²) in [6, 6.07) is 24.4. The lowest BCUT2D eigenvalue weighted by Gasteiger charge is -2.16. The van der Waals surface area contributed by atoms with Gasteiger partial charge in [0.25, 0.3) is 23.6 Å². The van der Waals surface area contributed by atoms with Gasteiger partial charge in [0.05, 0.1) is 33.6 Å². The molecule has 0 saturated heterocycles. The van der Waals surface area contributed by atoms with Crippen LogP contribution in [-0.2, 0) is 0 Å². The van der Waals surface area contributed by atoms with E-state index in [-0.39, 0.29) is 17.4 Å². The molecule has 0 atom stereocenters. The van der Waals surface area contributed by atoms with Crippen LogP contribution in [0.2, 0.25) is 5.02 Å². The molecule has 0 spiro atoms. The van der Waals surface area contributed by atoms with Crippen LogP contribution in [0.3, 0.4) is 0 Å². The first-order chi connectivity index (χ1) is 17.4. The first-order valence-electron chi connectivity index (χ1n) is 11.0. The zero-order chi connectivity index (χ0) is 25.0. The molecule has 2 heterocycles. The molecule has 174 valence electrons. The van der Waals surface area contributed by atoms with E-state index in [9.17, 15) is 19.2 Å². The molecule has 4 aromatic rings. The van der Waals surface area contributed by atoms with Crippen molar-refractivity contribution in [2.24, 2.45) is 0 Å². The number of carbonyl (C=O) groups excluding carboxylic acids is 4. The summed E-state index contributed by atoms with van der Waals surface area (Å²) in [6.45, 7) is 0. The minimum Gasteiger partial charge on any atom is -0.457 e. The molecule has 4 amide bonds. The van der Waals surface area contributed by atoms with Crippen molar-refractivity contribution in [2.75, 3.05) is 9.80 Å². The van der Waals surface area contributed by atoms with Crippen molar-refractivity contribution in [3.8, 4) is 11.5 Å². The molecule has 0 aliphatic carbocycles. The molecule has 2 aliphatic heterocycles. The third-order valence-corrected chi connectivity index (χ3v) is 6.30. The Bertz CT molecular complexity index is 1560. The van der Waals surface area contributed by atoms with Gasteiger partial charge < -0.3 is 4.74 Å². The summed E-state index contributed by atoms with van der Waals surface area (Å²) in [5, 5.41) is 0.384. The lowest BCUT2D eigenvalue weighted by Crippen LogP contribution is -2.29. The molecule has 0 radical (unpaired) electrons. The van der Waals surface area contributed by atoms with E-state index in [0.717, 1.165) is 9.80 Å². The van der Waals surface area contributed by atoms with Crippen molar-refractivity contribution in [3.05, 3.63) is 118 Å². The number of benzene rings is 4. The summed E-state index contributed by atoms with van der Waals surface area (Å²) in [5.74, 6) is -0.616. The zero-order valence-electron chi connectivity index (χ0n) is 18.5. The van der Waals surface area contributed by atoms with Gasteiger partial charge in [0, 0.05) is 5.02 Å². The van der Waals surface area contributed by atoms with Gasteiger partial charge in [-0.1, -0.05) is 23.7 Å². The number of hydrogen-bond acceptors (Lipinski definition) is 5. The van der Waals surface area contributed by atoms with Gasteiger partial charge in [0.2, 0.25) is 0 Å². The molecule has 0 N–H and O–H groups in total. The third-order valence-electron chi connectivity index (χ3n) is 6.07. The van der Waals surface area contributed by atoms with E-state index < -0.39 is 11.8 Å². The van der Waals surface area contributed by atoms with Gasteiger partial charge in [-0.2, -0.15) is 0 Å². The highest BCUT2D eigenvalue weighted by molar-refractivity contribution is 6.37. The van der Waals surface area contributed by atoms with Crippen molar-refractivity contribution in [3.63, 3.8) is 0 Å². The molecule has 8 heteroatoms. The second-order valence-electron chi connectivity index (χ2n) is 8.22. The molecular weight excluding hydrogens is 480 g/mol. The summed E-state index contributed by atoms with van der Waals surface area (Å²) in [6.07, 6.45) is 0. The fourth-order valence-electron chi connectivity index (χ4n) is 4.33. The van der Waals surface area contributed by atoms with Crippen molar-refractivity contribution in [1.29, 1.82) is 0 Å². The Morgan fingerprint density at radius 1 is 0.500 bits per heavy atom. The number of halogens is 1. The van der Waals surface area contributed by atoms with Crippen LogP contribution < -0.4 is 14.5 Å². The van der Waals surface area contributed by atoms with Gasteiger partial charge in [0.15, 0.2) is 0 Å². The lowest BCUT2D eigenvalue weighted by atomic mass is 10.1. The van der Waals surface area contributed by atoms with Crippen LogP contribution in [0.5, 0.6) is 11.5 Å². The number of nitrogens with zero attached hydrogens (tertiary/aromatic N) is 2. The summed E-state index contributed by atoms with van der Waals surface area (Å²) >= 11 is 5.98. The van der Waals surface area contributed by atoms with Crippen molar-refractivity contribution < 1.29 is 23.9 Å². The monoisotopic (exact) mass is 494 g/mol. The predicted molar refractivity (Wildman–Crippen MR) is 133 cm³/mol. The smallest absolute Gasteiger partial charge is 0.266 e. The first-order valence-corrected chi connectivity index (χ1v) is 11.3. The second-order valence-corrected chi connectivity index (χ2v) is 8.65. The summed E-state index contributed by atoms with van der Waals surface area (Å²) in [4.78, 5) is 53.1. The Hall–Kier alpha value is -4.75. The van der Waals surface area contributed by atoms with Gasteiger partial charge in [-0.3, -0.25) is 19.2 Å². The van der Waals surface area contributed by atoms with E-state index in [0.29, 0.717) is 44.6 Å². The van der Waals surface area contributed by atoms with E-state index in [1.807, 2.05) is 0 Å². The van der Waals surface area contributed by atoms with Crippen LogP contribution in [0.25, 0.3) is 0 Å². The number of hydrogen-bond donors (Lipinski definition) is 0. The second kappa shape index (κ2) is 8.18. The van der Waals surface area contributed by atoms with Crippen LogP contribution in [0.4, 0.5) is 11.4 Å². The minimum absolute atomic E-state index is 0.269. The van der Waals surface area contributed by atoms with Gasteiger partial charge in [-0.15, -0.1) is 0 Å². The number of anilines is 2. The minimum atomic E-state index is -0.435. The maximum absolute atomic E-state index is 12.8. The maximum Gasteiger partial charge on any atom is 0.266 e. The van der Waals surface area contributed by atoms with E-state index in [2.05, 4.69) is 0 Å². The highest BCUT2D eigenvalue weighted by Gasteiger charge is 2.37. The fraction of sp³-hybridized carbons (Fsp3) is 0. The number of rotatable bonds is 4. The van der Waals surface area contributed by atoms with E-state index in [1.54, 1.807) is 84.9 Å². The maximum atomic E-state index is 12.8. The predicted octanol–water partition coefficient (Wildman–Crippen LogP) is 5.73. The summed E-state index contributed by atoms with van der Waals surface area (Å²) < 4.78 is 5.87. The van der Waals surface area contributed by atoms with E-state index in [4.69, 9.17) is 16.3 Å². The van der Waals surface area contributed by atoms with Crippen molar-refractivity contribution in [2.45, 2.75) is 0 Å². The number of fused-ring (bicyclic) bond motifs is 2. The van der Waals surface area contributed by atoms with Crippen LogP contribution in [0, 0.1) is 0 Å². The number of carbonyl (C=O) groups is 4. The summed E-state index contributed by atoms with van der Waals surface area (Å²) in [5.41, 5.74) is 2.18. The molecule has 0 unspecified atom stereocenters. The standard InChI is InChI=1S/C28H15ClN2O5/c29-16-5-14-23-24(15-16)28(35)31(27(23)34)18-8-12-20(13-9-18)36-19-10-6-17(7-11-19)30-25(32)21-3-1-2-4-22(21)26(30)33/h1-15H. The van der Waals surface area contributed by atoms with Crippen molar-refractivity contribution >= 4 is 46.6 Å². The Kier molecular flexibility index (Phi) is 4.94. The zero-order valence-corrected chi connectivity index (χ0v) is 19.2. The number of amides is 4. The topological polar surface area (TPSA) is 84.0 Å². The largest absolute Gasteiger partial charge is 0.457 e. The molecule has 0 aromatic heterocycles. The molecular formula is C28H15ClN2O5. The summed E-state index contributed by atoms with van der Waals surface area (Å²) in [7, 11) is 0. The van der Waals surface area contributed by atoms with E-state index >= 15 is 0 Å². The van der Waals surface area contributed by atoms with Crippen molar-refractivity contribution in [1.82, 2.24) is 0 Å². The first kappa shape index (κ1) is 21.8. The Morgan fingerprint density at radius 3 is 1.39 bits per heavy atom. The molecule has 36 heavy (non-hydrogen) atoms. The Labute approximate surface area is 210 Å². The van der Waals surface area contributed by atoms with Gasteiger partial charge in [-0.05, 0) is 78.9 Å². The highest BCUT2D eigenvalue weighted by Crippen LogP contribution is 2.33. The molecule has 0 bridgehead atoms. The lowest BCUT2D eigenvalue weighted by molar-refractivity contribution is 0.0910. The quantitative estimate of drug-likeness (QED) is 0.338. The third kappa shape index (κ3) is 3.37. The number of ether oxygens (including phenoxy) is 1.